The molecule has 0 bridgehead atoms. The van der Waals surface area contributed by atoms with E-state index in [1.54, 1.807) is 6.92 Å². The molecule has 0 aromatic carbocycles. The number of carbonyl (C=O) groups excluding carboxylic acids is 1. The fourth-order valence-corrected chi connectivity index (χ4v) is 3.66. The van der Waals surface area contributed by atoms with Gasteiger partial charge in [0.1, 0.15) is 5.70 Å². The molecule has 0 unspecified atom stereocenters. The van der Waals surface area contributed by atoms with Crippen LogP contribution in [0.2, 0.25) is 0 Å². The highest BCUT2D eigenvalue weighted by Crippen LogP contribution is 2.46. The van der Waals surface area contributed by atoms with Gasteiger partial charge < -0.3 is 15.1 Å². The number of aliphatic hydroxyl groups excluding tert-OH is 1. The first-order chi connectivity index (χ1) is 10.9. The Morgan fingerprint density at radius 2 is 2.17 bits per heavy atom. The number of aryl methyl sites for hydroxylation is 2. The molecular formula is C16H21N3O4. The van der Waals surface area contributed by atoms with Crippen LogP contribution in [-0.4, -0.2) is 48.9 Å². The number of carboxylic acids is 1. The van der Waals surface area contributed by atoms with E-state index >= 15 is 0 Å². The molecule has 1 aromatic rings. The van der Waals surface area contributed by atoms with E-state index in [0.717, 1.165) is 12.1 Å². The van der Waals surface area contributed by atoms with Gasteiger partial charge in [0.05, 0.1) is 23.8 Å². The van der Waals surface area contributed by atoms with Crippen LogP contribution in [0.3, 0.4) is 0 Å². The highest BCUT2D eigenvalue weighted by molar-refractivity contribution is 6.05. The molecular weight excluding hydrogens is 298 g/mol. The van der Waals surface area contributed by atoms with Crippen molar-refractivity contribution >= 4 is 17.4 Å². The van der Waals surface area contributed by atoms with Crippen molar-refractivity contribution in [3.05, 3.63) is 23.2 Å². The van der Waals surface area contributed by atoms with Gasteiger partial charge in [0.2, 0.25) is 5.91 Å². The summed E-state index contributed by atoms with van der Waals surface area (Å²) in [7, 11) is 0. The minimum Gasteiger partial charge on any atom is -0.477 e. The van der Waals surface area contributed by atoms with Gasteiger partial charge in [-0.3, -0.25) is 9.48 Å². The van der Waals surface area contributed by atoms with E-state index < -0.39 is 18.0 Å². The minimum absolute atomic E-state index is 0.0142. The van der Waals surface area contributed by atoms with Crippen LogP contribution in [0.25, 0.3) is 5.57 Å². The Morgan fingerprint density at radius 3 is 2.65 bits per heavy atom. The molecule has 23 heavy (non-hydrogen) atoms. The van der Waals surface area contributed by atoms with Crippen molar-refractivity contribution < 1.29 is 19.8 Å². The minimum atomic E-state index is -1.12. The molecule has 1 fully saturated rings. The number of rotatable bonds is 5. The van der Waals surface area contributed by atoms with Gasteiger partial charge in [-0.2, -0.15) is 5.10 Å². The predicted octanol–water partition coefficient (Wildman–Crippen LogP) is 0.873. The standard InChI is InChI=1S/C16H21N3O4/c1-4-9-6-11(17-18(9)5-2)10-7-12-13(8(3)20)15(21)19(12)14(10)16(22)23/h6,8,12-13,20H,4-5,7H2,1-3H3,(H,22,23)/t8-,12-,13-/m1/s1. The third kappa shape index (κ3) is 2.18. The molecule has 0 spiro atoms. The Hall–Kier alpha value is -2.15. The van der Waals surface area contributed by atoms with Gasteiger partial charge in [0.15, 0.2) is 0 Å². The Morgan fingerprint density at radius 1 is 1.48 bits per heavy atom. The molecule has 3 heterocycles. The average Bonchev–Trinajstić information content (AvgIpc) is 3.04. The van der Waals surface area contributed by atoms with E-state index in [1.165, 1.54) is 4.90 Å². The third-order valence-electron chi connectivity index (χ3n) is 4.77. The Kier molecular flexibility index (Phi) is 3.75. The summed E-state index contributed by atoms with van der Waals surface area (Å²) in [6, 6.07) is 1.62. The molecule has 2 aliphatic rings. The Bertz CT molecular complexity index is 683. The van der Waals surface area contributed by atoms with Crippen molar-refractivity contribution in [1.29, 1.82) is 0 Å². The number of aliphatic carboxylic acids is 1. The first kappa shape index (κ1) is 15.7. The lowest BCUT2D eigenvalue weighted by Crippen LogP contribution is -2.61. The monoisotopic (exact) mass is 319 g/mol. The topological polar surface area (TPSA) is 95.7 Å². The fraction of sp³-hybridized carbons (Fsp3) is 0.562. The normalized spacial score (nSPS) is 24.7. The first-order valence-corrected chi connectivity index (χ1v) is 7.95. The molecule has 2 N–H and O–H groups in total. The highest BCUT2D eigenvalue weighted by atomic mass is 16.4. The summed E-state index contributed by atoms with van der Waals surface area (Å²) >= 11 is 0. The number of fused-ring (bicyclic) bond motifs is 1. The van der Waals surface area contributed by atoms with Crippen LogP contribution >= 0.6 is 0 Å². The first-order valence-electron chi connectivity index (χ1n) is 7.95. The summed E-state index contributed by atoms with van der Waals surface area (Å²) in [5.41, 5.74) is 2.25. The SMILES string of the molecule is CCc1cc(C2=C(C(=O)O)N3C(=O)[C@H]([C@@H](C)O)[C@H]3C2)nn1CC. The van der Waals surface area contributed by atoms with Gasteiger partial charge in [-0.1, -0.05) is 6.92 Å². The maximum absolute atomic E-state index is 12.2. The van der Waals surface area contributed by atoms with Crippen LogP contribution < -0.4 is 0 Å². The molecule has 124 valence electrons. The zero-order valence-corrected chi connectivity index (χ0v) is 13.5. The number of hydrogen-bond donors (Lipinski definition) is 2. The number of amides is 1. The van der Waals surface area contributed by atoms with Crippen LogP contribution in [0.5, 0.6) is 0 Å². The molecule has 2 aliphatic heterocycles. The van der Waals surface area contributed by atoms with Crippen molar-refractivity contribution in [3.8, 4) is 0 Å². The van der Waals surface area contributed by atoms with Gasteiger partial charge in [-0.05, 0) is 32.8 Å². The van der Waals surface area contributed by atoms with Gasteiger partial charge in [-0.25, -0.2) is 4.79 Å². The second-order valence-electron chi connectivity index (χ2n) is 6.07. The van der Waals surface area contributed by atoms with Gasteiger partial charge in [-0.15, -0.1) is 0 Å². The lowest BCUT2D eigenvalue weighted by Gasteiger charge is -2.44. The zero-order valence-electron chi connectivity index (χ0n) is 13.5. The van der Waals surface area contributed by atoms with E-state index in [1.807, 2.05) is 24.6 Å². The van der Waals surface area contributed by atoms with Gasteiger partial charge in [0, 0.05) is 17.8 Å². The van der Waals surface area contributed by atoms with Crippen LogP contribution in [0.4, 0.5) is 0 Å². The maximum atomic E-state index is 12.2. The van der Waals surface area contributed by atoms with E-state index in [9.17, 15) is 19.8 Å². The quantitative estimate of drug-likeness (QED) is 0.785. The lowest BCUT2D eigenvalue weighted by atomic mass is 9.83. The predicted molar refractivity (Wildman–Crippen MR) is 82.3 cm³/mol. The number of β-lactam (4-membered cyclic amide) rings is 1. The largest absolute Gasteiger partial charge is 0.477 e. The number of aromatic nitrogens is 2. The average molecular weight is 319 g/mol. The van der Waals surface area contributed by atoms with Crippen LogP contribution in [0, 0.1) is 5.92 Å². The molecule has 0 aliphatic carbocycles. The molecule has 0 radical (unpaired) electrons. The number of aliphatic hydroxyl groups is 1. The van der Waals surface area contributed by atoms with E-state index in [-0.39, 0.29) is 17.6 Å². The molecule has 1 aromatic heterocycles. The molecule has 0 saturated carbocycles. The molecule has 3 rings (SSSR count). The molecule has 7 nitrogen and oxygen atoms in total. The number of hydrogen-bond acceptors (Lipinski definition) is 4. The van der Waals surface area contributed by atoms with Gasteiger partial charge >= 0.3 is 5.97 Å². The van der Waals surface area contributed by atoms with Crippen LogP contribution in [0.1, 0.15) is 38.6 Å². The number of carboxylic acid groups (broad SMARTS) is 1. The van der Waals surface area contributed by atoms with Crippen molar-refractivity contribution in [2.24, 2.45) is 5.92 Å². The summed E-state index contributed by atoms with van der Waals surface area (Å²) in [5.74, 6) is -1.97. The van der Waals surface area contributed by atoms with Crippen molar-refractivity contribution in [3.63, 3.8) is 0 Å². The lowest BCUT2D eigenvalue weighted by molar-refractivity contribution is -0.161. The highest BCUT2D eigenvalue weighted by Gasteiger charge is 2.57. The zero-order chi connectivity index (χ0) is 16.9. The summed E-state index contributed by atoms with van der Waals surface area (Å²) in [4.78, 5) is 25.2. The maximum Gasteiger partial charge on any atom is 0.352 e. The van der Waals surface area contributed by atoms with Crippen molar-refractivity contribution in [1.82, 2.24) is 14.7 Å². The second-order valence-corrected chi connectivity index (χ2v) is 6.07. The van der Waals surface area contributed by atoms with E-state index in [0.29, 0.717) is 24.2 Å². The fourth-order valence-electron chi connectivity index (χ4n) is 3.66. The number of carbonyl (C=O) groups is 2. The van der Waals surface area contributed by atoms with Crippen LogP contribution in [0.15, 0.2) is 11.8 Å². The third-order valence-corrected chi connectivity index (χ3v) is 4.77. The van der Waals surface area contributed by atoms with Gasteiger partial charge in [0.25, 0.3) is 0 Å². The van der Waals surface area contributed by atoms with Crippen molar-refractivity contribution in [2.75, 3.05) is 0 Å². The number of nitrogens with zero attached hydrogens (tertiary/aromatic N) is 3. The second kappa shape index (κ2) is 5.49. The van der Waals surface area contributed by atoms with Crippen molar-refractivity contribution in [2.45, 2.75) is 52.3 Å². The summed E-state index contributed by atoms with van der Waals surface area (Å²) in [6.07, 6.45) is 0.448. The Labute approximate surface area is 134 Å². The summed E-state index contributed by atoms with van der Waals surface area (Å²) in [5, 5.41) is 23.8. The molecule has 7 heteroatoms. The molecule has 1 amide bonds. The Balaban J connectivity index is 2.03. The van der Waals surface area contributed by atoms with E-state index in [2.05, 4.69) is 5.10 Å². The van der Waals surface area contributed by atoms with Crippen LogP contribution in [-0.2, 0) is 22.6 Å². The molecule has 1 saturated heterocycles. The summed E-state index contributed by atoms with van der Waals surface area (Å²) < 4.78 is 1.85. The summed E-state index contributed by atoms with van der Waals surface area (Å²) in [6.45, 7) is 6.28. The molecule has 3 atom stereocenters. The van der Waals surface area contributed by atoms with E-state index in [4.69, 9.17) is 0 Å². The smallest absolute Gasteiger partial charge is 0.352 e.